The molecule has 0 radical (unpaired) electrons. The molecule has 1 aliphatic heterocycles. The van der Waals surface area contributed by atoms with Gasteiger partial charge < -0.3 is 15.4 Å². The van der Waals surface area contributed by atoms with Crippen LogP contribution in [0.4, 0.5) is 5.69 Å². The average molecular weight is 221 g/mol. The maximum atomic E-state index is 11.8. The maximum Gasteiger partial charge on any atom is 0.254 e. The van der Waals surface area contributed by atoms with Crippen molar-refractivity contribution in [2.75, 3.05) is 25.0 Å². The molecule has 0 aromatic carbocycles. The first-order chi connectivity index (χ1) is 7.77. The summed E-state index contributed by atoms with van der Waals surface area (Å²) in [4.78, 5) is 15.8. The Bertz CT molecular complexity index is 375. The minimum absolute atomic E-state index is 0.110. The Hall–Kier alpha value is -1.46. The van der Waals surface area contributed by atoms with E-state index < -0.39 is 6.10 Å². The van der Waals surface area contributed by atoms with Crippen LogP contribution < -0.4 is 10.6 Å². The second-order valence-corrected chi connectivity index (χ2v) is 3.74. The number of nitrogens with one attached hydrogen (secondary N) is 2. The molecule has 16 heavy (non-hydrogen) atoms. The molecule has 0 spiro atoms. The first-order valence-corrected chi connectivity index (χ1v) is 5.31. The molecule has 5 nitrogen and oxygen atoms in total. The SMILES string of the molecule is Cc1cnccc1NC(=O)C1CNCCO1. The fourth-order valence-electron chi connectivity index (χ4n) is 1.56. The van der Waals surface area contributed by atoms with Gasteiger partial charge >= 0.3 is 0 Å². The van der Waals surface area contributed by atoms with Gasteiger partial charge in [0, 0.05) is 31.2 Å². The molecule has 1 aromatic rings. The normalized spacial score (nSPS) is 20.4. The van der Waals surface area contributed by atoms with Crippen LogP contribution in [0.1, 0.15) is 5.56 Å². The fourth-order valence-corrected chi connectivity index (χ4v) is 1.56. The van der Waals surface area contributed by atoms with Gasteiger partial charge in [-0.3, -0.25) is 9.78 Å². The van der Waals surface area contributed by atoms with Crippen LogP contribution >= 0.6 is 0 Å². The minimum Gasteiger partial charge on any atom is -0.366 e. The molecule has 1 aliphatic rings. The summed E-state index contributed by atoms with van der Waals surface area (Å²) in [6.45, 7) is 3.85. The summed E-state index contributed by atoms with van der Waals surface area (Å²) in [5.74, 6) is -0.110. The van der Waals surface area contributed by atoms with Crippen LogP contribution in [0.3, 0.4) is 0 Å². The highest BCUT2D eigenvalue weighted by molar-refractivity contribution is 5.94. The van der Waals surface area contributed by atoms with Gasteiger partial charge in [-0.25, -0.2) is 0 Å². The Morgan fingerprint density at radius 3 is 3.25 bits per heavy atom. The second kappa shape index (κ2) is 5.05. The summed E-state index contributed by atoms with van der Waals surface area (Å²) in [6, 6.07) is 1.78. The van der Waals surface area contributed by atoms with Crippen LogP contribution in [0.2, 0.25) is 0 Å². The van der Waals surface area contributed by atoms with E-state index in [0.717, 1.165) is 17.8 Å². The van der Waals surface area contributed by atoms with Crippen LogP contribution in [0.25, 0.3) is 0 Å². The quantitative estimate of drug-likeness (QED) is 0.754. The number of carbonyl (C=O) groups is 1. The molecule has 0 bridgehead atoms. The average Bonchev–Trinajstić information content (AvgIpc) is 2.33. The van der Waals surface area contributed by atoms with Crippen molar-refractivity contribution in [1.29, 1.82) is 0 Å². The molecule has 1 saturated heterocycles. The third-order valence-electron chi connectivity index (χ3n) is 2.50. The van der Waals surface area contributed by atoms with Crippen molar-refractivity contribution in [3.05, 3.63) is 24.0 Å². The molecule has 2 rings (SSSR count). The van der Waals surface area contributed by atoms with Gasteiger partial charge in [0.1, 0.15) is 6.10 Å². The molecule has 1 unspecified atom stereocenters. The van der Waals surface area contributed by atoms with Gasteiger partial charge in [-0.15, -0.1) is 0 Å². The second-order valence-electron chi connectivity index (χ2n) is 3.74. The largest absolute Gasteiger partial charge is 0.366 e. The maximum absolute atomic E-state index is 11.8. The standard InChI is InChI=1S/C11H15N3O2/c1-8-6-12-3-2-9(8)14-11(15)10-7-13-4-5-16-10/h2-3,6,10,13H,4-5,7H2,1H3,(H,12,14,15). The number of nitrogens with zero attached hydrogens (tertiary/aromatic N) is 1. The van der Waals surface area contributed by atoms with Gasteiger partial charge in [0.05, 0.1) is 6.61 Å². The molecule has 0 saturated carbocycles. The van der Waals surface area contributed by atoms with Gasteiger partial charge in [-0.05, 0) is 18.6 Å². The highest BCUT2D eigenvalue weighted by atomic mass is 16.5. The van der Waals surface area contributed by atoms with E-state index in [4.69, 9.17) is 4.74 Å². The fraction of sp³-hybridized carbons (Fsp3) is 0.455. The summed E-state index contributed by atoms with van der Waals surface area (Å²) < 4.78 is 5.36. The molecule has 1 atom stereocenters. The number of rotatable bonds is 2. The van der Waals surface area contributed by atoms with E-state index in [9.17, 15) is 4.79 Å². The van der Waals surface area contributed by atoms with Crippen molar-refractivity contribution in [2.24, 2.45) is 0 Å². The Morgan fingerprint density at radius 2 is 2.56 bits per heavy atom. The van der Waals surface area contributed by atoms with Crippen LogP contribution in [-0.4, -0.2) is 36.7 Å². The third kappa shape index (κ3) is 2.56. The van der Waals surface area contributed by atoms with Gasteiger partial charge in [0.15, 0.2) is 0 Å². The van der Waals surface area contributed by atoms with Crippen molar-refractivity contribution < 1.29 is 9.53 Å². The Labute approximate surface area is 94.2 Å². The monoisotopic (exact) mass is 221 g/mol. The predicted octanol–water partition coefficient (Wildman–Crippen LogP) is 0.317. The number of pyridine rings is 1. The molecule has 2 N–H and O–H groups in total. The van der Waals surface area contributed by atoms with Crippen molar-refractivity contribution in [1.82, 2.24) is 10.3 Å². The molecule has 5 heteroatoms. The highest BCUT2D eigenvalue weighted by Gasteiger charge is 2.21. The van der Waals surface area contributed by atoms with Gasteiger partial charge in [-0.1, -0.05) is 0 Å². The van der Waals surface area contributed by atoms with E-state index in [0.29, 0.717) is 13.2 Å². The zero-order valence-electron chi connectivity index (χ0n) is 9.19. The van der Waals surface area contributed by atoms with E-state index in [1.165, 1.54) is 0 Å². The number of hydrogen-bond donors (Lipinski definition) is 2. The van der Waals surface area contributed by atoms with Crippen molar-refractivity contribution in [3.8, 4) is 0 Å². The summed E-state index contributed by atoms with van der Waals surface area (Å²) in [5.41, 5.74) is 1.73. The molecule has 1 fully saturated rings. The highest BCUT2D eigenvalue weighted by Crippen LogP contribution is 2.12. The zero-order chi connectivity index (χ0) is 11.4. The number of morpholine rings is 1. The van der Waals surface area contributed by atoms with E-state index >= 15 is 0 Å². The van der Waals surface area contributed by atoms with Gasteiger partial charge in [0.2, 0.25) is 0 Å². The van der Waals surface area contributed by atoms with Crippen LogP contribution in [0.5, 0.6) is 0 Å². The Balaban J connectivity index is 1.99. The molecule has 86 valence electrons. The lowest BCUT2D eigenvalue weighted by Crippen LogP contribution is -2.45. The zero-order valence-corrected chi connectivity index (χ0v) is 9.19. The number of anilines is 1. The first kappa shape index (κ1) is 11.0. The summed E-state index contributed by atoms with van der Waals surface area (Å²) in [5, 5.41) is 5.95. The van der Waals surface area contributed by atoms with E-state index in [1.807, 2.05) is 6.92 Å². The first-order valence-electron chi connectivity index (χ1n) is 5.31. The predicted molar refractivity (Wildman–Crippen MR) is 60.2 cm³/mol. The van der Waals surface area contributed by atoms with E-state index in [-0.39, 0.29) is 5.91 Å². The van der Waals surface area contributed by atoms with Crippen molar-refractivity contribution >= 4 is 11.6 Å². The summed E-state index contributed by atoms with van der Waals surface area (Å²) >= 11 is 0. The van der Waals surface area contributed by atoms with E-state index in [1.54, 1.807) is 18.5 Å². The summed E-state index contributed by atoms with van der Waals surface area (Å²) in [6.07, 6.45) is 2.97. The molecular formula is C11H15N3O2. The lowest BCUT2D eigenvalue weighted by Gasteiger charge is -2.22. The van der Waals surface area contributed by atoms with E-state index in [2.05, 4.69) is 15.6 Å². The molecule has 1 aromatic heterocycles. The van der Waals surface area contributed by atoms with Gasteiger partial charge in [-0.2, -0.15) is 0 Å². The number of aryl methyl sites for hydroxylation is 1. The summed E-state index contributed by atoms with van der Waals surface area (Å²) in [7, 11) is 0. The molecule has 2 heterocycles. The minimum atomic E-state index is -0.402. The van der Waals surface area contributed by atoms with Crippen LogP contribution in [-0.2, 0) is 9.53 Å². The lowest BCUT2D eigenvalue weighted by atomic mass is 10.2. The Kier molecular flexibility index (Phi) is 3.48. The van der Waals surface area contributed by atoms with Crippen molar-refractivity contribution in [2.45, 2.75) is 13.0 Å². The number of ether oxygens (including phenoxy) is 1. The third-order valence-corrected chi connectivity index (χ3v) is 2.50. The number of aromatic nitrogens is 1. The smallest absolute Gasteiger partial charge is 0.254 e. The van der Waals surface area contributed by atoms with Crippen LogP contribution in [0.15, 0.2) is 18.5 Å². The number of amides is 1. The van der Waals surface area contributed by atoms with Crippen molar-refractivity contribution in [3.63, 3.8) is 0 Å². The Morgan fingerprint density at radius 1 is 1.69 bits per heavy atom. The molecule has 0 aliphatic carbocycles. The molecule has 1 amide bonds. The topological polar surface area (TPSA) is 63.2 Å². The van der Waals surface area contributed by atoms with Gasteiger partial charge in [0.25, 0.3) is 5.91 Å². The van der Waals surface area contributed by atoms with Crippen LogP contribution in [0, 0.1) is 6.92 Å². The number of carbonyl (C=O) groups excluding carboxylic acids is 1. The number of hydrogen-bond acceptors (Lipinski definition) is 4. The molecular weight excluding hydrogens is 206 g/mol. The lowest BCUT2D eigenvalue weighted by molar-refractivity contribution is -0.128.